The first kappa shape index (κ1) is 18.0. The number of carbonyl (C=O) groups is 1. The summed E-state index contributed by atoms with van der Waals surface area (Å²) >= 11 is 0. The molecule has 2 aromatic heterocycles. The van der Waals surface area contributed by atoms with E-state index in [1.807, 2.05) is 79.7 Å². The van der Waals surface area contributed by atoms with E-state index in [4.69, 9.17) is 4.74 Å². The quantitative estimate of drug-likeness (QED) is 0.383. The summed E-state index contributed by atoms with van der Waals surface area (Å²) < 4.78 is 5.88. The molecule has 0 aliphatic rings. The highest BCUT2D eigenvalue weighted by atomic mass is 16.5. The number of aromatic nitrogens is 3. The lowest BCUT2D eigenvalue weighted by atomic mass is 10.2. The third-order valence-electron chi connectivity index (χ3n) is 4.95. The minimum atomic E-state index is -0.200. The van der Waals surface area contributed by atoms with Crippen molar-refractivity contribution in [2.75, 3.05) is 5.32 Å². The topological polar surface area (TPSA) is 82.8 Å². The van der Waals surface area contributed by atoms with Crippen LogP contribution in [0.15, 0.2) is 72.8 Å². The van der Waals surface area contributed by atoms with E-state index < -0.39 is 0 Å². The second kappa shape index (κ2) is 7.40. The molecule has 0 saturated heterocycles. The monoisotopic (exact) mass is 396 g/mol. The largest absolute Gasteiger partial charge is 0.489 e. The molecule has 0 saturated carbocycles. The number of hydrogen-bond acceptors (Lipinski definition) is 3. The SMILES string of the molecule is Cc1nc2ccc(NC(=O)c3cc4ccc(OCc5ccccc5)cc4[nH]3)cc2[nH]1. The minimum Gasteiger partial charge on any atom is -0.489 e. The molecule has 0 atom stereocenters. The molecule has 0 radical (unpaired) electrons. The van der Waals surface area contributed by atoms with Crippen LogP contribution in [0.2, 0.25) is 0 Å². The van der Waals surface area contributed by atoms with Crippen LogP contribution in [0.3, 0.4) is 0 Å². The van der Waals surface area contributed by atoms with Crippen molar-refractivity contribution >= 4 is 33.5 Å². The number of nitrogens with one attached hydrogen (secondary N) is 3. The number of ether oxygens (including phenoxy) is 1. The van der Waals surface area contributed by atoms with E-state index in [-0.39, 0.29) is 5.91 Å². The van der Waals surface area contributed by atoms with Gasteiger partial charge in [0.2, 0.25) is 0 Å². The Kier molecular flexibility index (Phi) is 4.44. The third kappa shape index (κ3) is 3.63. The Morgan fingerprint density at radius 1 is 0.967 bits per heavy atom. The molecule has 3 aromatic carbocycles. The Balaban J connectivity index is 1.32. The molecule has 148 valence electrons. The zero-order chi connectivity index (χ0) is 20.5. The van der Waals surface area contributed by atoms with Gasteiger partial charge >= 0.3 is 0 Å². The minimum absolute atomic E-state index is 0.200. The van der Waals surface area contributed by atoms with Crippen molar-refractivity contribution in [3.8, 4) is 5.75 Å². The molecule has 30 heavy (non-hydrogen) atoms. The zero-order valence-electron chi connectivity index (χ0n) is 16.4. The van der Waals surface area contributed by atoms with Crippen LogP contribution >= 0.6 is 0 Å². The van der Waals surface area contributed by atoms with Crippen LogP contribution in [0, 0.1) is 6.92 Å². The average Bonchev–Trinajstić information content (AvgIpc) is 3.34. The van der Waals surface area contributed by atoms with Crippen molar-refractivity contribution in [2.24, 2.45) is 0 Å². The molecule has 6 nitrogen and oxygen atoms in total. The van der Waals surface area contributed by atoms with Crippen LogP contribution < -0.4 is 10.1 Å². The van der Waals surface area contributed by atoms with Gasteiger partial charge < -0.3 is 20.0 Å². The maximum atomic E-state index is 12.7. The van der Waals surface area contributed by atoms with Gasteiger partial charge in [-0.05, 0) is 48.9 Å². The van der Waals surface area contributed by atoms with E-state index in [1.54, 1.807) is 0 Å². The van der Waals surface area contributed by atoms with Gasteiger partial charge in [0.15, 0.2) is 0 Å². The van der Waals surface area contributed by atoms with Crippen molar-refractivity contribution in [3.63, 3.8) is 0 Å². The number of aromatic amines is 2. The summed E-state index contributed by atoms with van der Waals surface area (Å²) in [6.07, 6.45) is 0. The molecule has 5 aromatic rings. The smallest absolute Gasteiger partial charge is 0.272 e. The number of amides is 1. The maximum Gasteiger partial charge on any atom is 0.272 e. The molecule has 6 heteroatoms. The second-order valence-electron chi connectivity index (χ2n) is 7.21. The van der Waals surface area contributed by atoms with Crippen molar-refractivity contribution < 1.29 is 9.53 Å². The number of anilines is 1. The summed E-state index contributed by atoms with van der Waals surface area (Å²) in [7, 11) is 0. The van der Waals surface area contributed by atoms with Crippen molar-refractivity contribution in [2.45, 2.75) is 13.5 Å². The average molecular weight is 396 g/mol. The first-order valence-electron chi connectivity index (χ1n) is 9.71. The molecule has 3 N–H and O–H groups in total. The molecule has 1 amide bonds. The number of H-pyrrole nitrogens is 2. The number of imidazole rings is 1. The fourth-order valence-corrected chi connectivity index (χ4v) is 3.47. The van der Waals surface area contributed by atoms with Gasteiger partial charge in [-0.2, -0.15) is 0 Å². The lowest BCUT2D eigenvalue weighted by Crippen LogP contribution is -2.12. The molecule has 0 bridgehead atoms. The Hall–Kier alpha value is -4.06. The predicted octanol–water partition coefficient (Wildman–Crippen LogP) is 5.18. The third-order valence-corrected chi connectivity index (χ3v) is 4.95. The van der Waals surface area contributed by atoms with Crippen LogP contribution in [-0.2, 0) is 6.61 Å². The Labute approximate surface area is 172 Å². The van der Waals surface area contributed by atoms with Gasteiger partial charge in [-0.25, -0.2) is 4.98 Å². The Bertz CT molecular complexity index is 1350. The molecule has 0 unspecified atom stereocenters. The summed E-state index contributed by atoms with van der Waals surface area (Å²) in [6, 6.07) is 23.2. The summed E-state index contributed by atoms with van der Waals surface area (Å²) in [5.74, 6) is 1.39. The number of nitrogens with zero attached hydrogens (tertiary/aromatic N) is 1. The predicted molar refractivity (Wildman–Crippen MR) is 118 cm³/mol. The fraction of sp³-hybridized carbons (Fsp3) is 0.0833. The standard InChI is InChI=1S/C24H20N4O2/c1-15-25-20-10-8-18(12-22(20)26-15)27-24(29)23-11-17-7-9-19(13-21(17)28-23)30-14-16-5-3-2-4-6-16/h2-13,28H,14H2,1H3,(H,25,26)(H,27,29). The number of aryl methyl sites for hydroxylation is 1. The summed E-state index contributed by atoms with van der Waals surface area (Å²) in [4.78, 5) is 23.5. The number of rotatable bonds is 5. The first-order valence-corrected chi connectivity index (χ1v) is 9.71. The van der Waals surface area contributed by atoms with Gasteiger partial charge in [0.25, 0.3) is 5.91 Å². The molecular weight excluding hydrogens is 376 g/mol. The molecule has 5 rings (SSSR count). The van der Waals surface area contributed by atoms with E-state index in [2.05, 4.69) is 20.3 Å². The lowest BCUT2D eigenvalue weighted by Gasteiger charge is -2.06. The van der Waals surface area contributed by atoms with E-state index in [1.165, 1.54) is 0 Å². The summed E-state index contributed by atoms with van der Waals surface area (Å²) in [6.45, 7) is 2.40. The van der Waals surface area contributed by atoms with Crippen LogP contribution in [0.5, 0.6) is 5.75 Å². The van der Waals surface area contributed by atoms with E-state index in [0.717, 1.165) is 39.1 Å². The summed E-state index contributed by atoms with van der Waals surface area (Å²) in [5, 5.41) is 3.88. The Morgan fingerprint density at radius 3 is 2.70 bits per heavy atom. The van der Waals surface area contributed by atoms with Crippen LogP contribution in [0.4, 0.5) is 5.69 Å². The Morgan fingerprint density at radius 2 is 1.83 bits per heavy atom. The highest BCUT2D eigenvalue weighted by Crippen LogP contribution is 2.23. The van der Waals surface area contributed by atoms with Crippen LogP contribution in [0.1, 0.15) is 21.9 Å². The normalized spacial score (nSPS) is 11.1. The second-order valence-corrected chi connectivity index (χ2v) is 7.21. The molecular formula is C24H20N4O2. The molecule has 0 aliphatic carbocycles. The van der Waals surface area contributed by atoms with E-state index >= 15 is 0 Å². The molecule has 2 heterocycles. The maximum absolute atomic E-state index is 12.7. The van der Waals surface area contributed by atoms with E-state index in [0.29, 0.717) is 18.0 Å². The number of hydrogen-bond donors (Lipinski definition) is 3. The highest BCUT2D eigenvalue weighted by Gasteiger charge is 2.11. The fourth-order valence-electron chi connectivity index (χ4n) is 3.47. The van der Waals surface area contributed by atoms with Gasteiger partial charge in [-0.15, -0.1) is 0 Å². The number of fused-ring (bicyclic) bond motifs is 2. The molecule has 0 fully saturated rings. The summed E-state index contributed by atoms with van der Waals surface area (Å²) in [5.41, 5.74) is 4.92. The van der Waals surface area contributed by atoms with Gasteiger partial charge in [0.1, 0.15) is 23.9 Å². The zero-order valence-corrected chi connectivity index (χ0v) is 16.4. The van der Waals surface area contributed by atoms with Crippen LogP contribution in [0.25, 0.3) is 21.9 Å². The van der Waals surface area contributed by atoms with Crippen LogP contribution in [-0.4, -0.2) is 20.9 Å². The lowest BCUT2D eigenvalue weighted by molar-refractivity contribution is 0.102. The highest BCUT2D eigenvalue weighted by molar-refractivity contribution is 6.06. The van der Waals surface area contributed by atoms with Gasteiger partial charge in [0.05, 0.1) is 11.0 Å². The molecule has 0 aliphatic heterocycles. The van der Waals surface area contributed by atoms with Crippen molar-refractivity contribution in [1.29, 1.82) is 0 Å². The number of benzene rings is 3. The number of carbonyl (C=O) groups excluding carboxylic acids is 1. The van der Waals surface area contributed by atoms with E-state index in [9.17, 15) is 4.79 Å². The van der Waals surface area contributed by atoms with Gasteiger partial charge in [-0.3, -0.25) is 4.79 Å². The first-order chi connectivity index (χ1) is 14.6. The van der Waals surface area contributed by atoms with Crippen molar-refractivity contribution in [3.05, 3.63) is 89.9 Å². The molecule has 0 spiro atoms. The van der Waals surface area contributed by atoms with Gasteiger partial charge in [0, 0.05) is 22.7 Å². The van der Waals surface area contributed by atoms with Gasteiger partial charge in [-0.1, -0.05) is 30.3 Å². The van der Waals surface area contributed by atoms with Crippen molar-refractivity contribution in [1.82, 2.24) is 15.0 Å².